The Morgan fingerprint density at radius 1 is 0.500 bits per heavy atom. The molecule has 0 aromatic heterocycles. The molecule has 0 spiro atoms. The van der Waals surface area contributed by atoms with Crippen LogP contribution in [0.15, 0.2) is 0 Å². The summed E-state index contributed by atoms with van der Waals surface area (Å²) in [5.41, 5.74) is 18.0. The normalized spacial score (nSPS) is 5.69. The molecule has 8 N–H and O–H groups in total. The van der Waals surface area contributed by atoms with Crippen LogP contribution in [0.5, 0.6) is 0 Å². The summed E-state index contributed by atoms with van der Waals surface area (Å²) in [7, 11) is 0. The van der Waals surface area contributed by atoms with Crippen molar-refractivity contribution in [2.45, 2.75) is 0 Å². The van der Waals surface area contributed by atoms with E-state index in [0.29, 0.717) is 0 Å². The molecule has 12 nitrogen and oxygen atoms in total. The molecule has 0 unspecified atom stereocenters. The minimum absolute atomic E-state index is 0. The topological polar surface area (TPSA) is 265 Å². The van der Waals surface area contributed by atoms with Gasteiger partial charge >= 0.3 is 26.2 Å². The molecular weight excluding hydrogens is 540 g/mol. The van der Waals surface area contributed by atoms with Crippen molar-refractivity contribution < 1.29 is 65.8 Å². The number of halogens is 4. The van der Waals surface area contributed by atoms with Gasteiger partial charge in [-0.2, -0.15) is 0 Å². The first-order valence-electron chi connectivity index (χ1n) is 4.68. The summed E-state index contributed by atoms with van der Waals surface area (Å²) < 4.78 is 0. The number of rotatable bonds is 4. The first kappa shape index (κ1) is 63.4. The van der Waals surface area contributed by atoms with Gasteiger partial charge in [0, 0.05) is 43.5 Å². The monoisotopic (exact) mass is 557 g/mol. The van der Waals surface area contributed by atoms with Crippen LogP contribution in [0.25, 0.3) is 0 Å². The van der Waals surface area contributed by atoms with Gasteiger partial charge in [-0.3, -0.25) is 0 Å². The molecule has 0 aliphatic carbocycles. The van der Waals surface area contributed by atoms with Gasteiger partial charge < -0.3 is 62.5 Å². The number of nitrogens with two attached hydrogens (primary N) is 4. The number of hydrogen-bond acceptors (Lipinski definition) is 12. The molecule has 0 aromatic rings. The van der Waals surface area contributed by atoms with Crippen molar-refractivity contribution in [2.24, 2.45) is 22.9 Å². The van der Waals surface area contributed by atoms with Gasteiger partial charge in [-0.1, -0.05) is 0 Å². The van der Waals surface area contributed by atoms with Crippen LogP contribution in [0, 0.1) is 0 Å². The maximum absolute atomic E-state index is 9.13. The largest absolute Gasteiger partial charge is 4.00 e. The van der Waals surface area contributed by atoms with Crippen molar-refractivity contribution in [3.05, 3.63) is 0 Å². The van der Waals surface area contributed by atoms with Crippen molar-refractivity contribution in [1.82, 2.24) is 0 Å². The SMILES string of the molecule is Cl.Cl.Cl.Cl.NCC(=O)[O-].NCC(=O)[O-].NCC(=O)[O-].NCC(=O)[O-].[Al].[Zr+4]. The van der Waals surface area contributed by atoms with Gasteiger partial charge in [0.2, 0.25) is 0 Å². The summed E-state index contributed by atoms with van der Waals surface area (Å²) in [5, 5.41) is 36.5. The Labute approximate surface area is 204 Å². The zero-order chi connectivity index (χ0) is 17.1. The van der Waals surface area contributed by atoms with E-state index in [1.54, 1.807) is 0 Å². The second kappa shape index (κ2) is 56.2. The van der Waals surface area contributed by atoms with Gasteiger partial charge in [-0.15, -0.1) is 49.6 Å². The molecule has 0 rings (SSSR count). The predicted octanol–water partition coefficient (Wildman–Crippen LogP) is -7.92. The van der Waals surface area contributed by atoms with Gasteiger partial charge in [-0.25, -0.2) is 0 Å². The van der Waals surface area contributed by atoms with Gasteiger partial charge in [0.05, 0.1) is 23.9 Å². The Morgan fingerprint density at radius 3 is 0.538 bits per heavy atom. The molecule has 0 bridgehead atoms. The summed E-state index contributed by atoms with van der Waals surface area (Å²) in [4.78, 5) is 36.5. The quantitative estimate of drug-likeness (QED) is 0.234. The van der Waals surface area contributed by atoms with Crippen LogP contribution in [0.4, 0.5) is 0 Å². The van der Waals surface area contributed by atoms with E-state index in [4.69, 9.17) is 39.6 Å². The van der Waals surface area contributed by atoms with Crippen LogP contribution >= 0.6 is 49.6 Å². The summed E-state index contributed by atoms with van der Waals surface area (Å²) in [5.74, 6) is -4.87. The number of carboxylic acids is 4. The first-order valence-corrected chi connectivity index (χ1v) is 4.68. The van der Waals surface area contributed by atoms with Crippen molar-refractivity contribution in [2.75, 3.05) is 26.2 Å². The third-order valence-corrected chi connectivity index (χ3v) is 0.667. The summed E-state index contributed by atoms with van der Waals surface area (Å²) in [6, 6.07) is 0. The molecule has 0 atom stereocenters. The van der Waals surface area contributed by atoms with Crippen LogP contribution in [0.1, 0.15) is 0 Å². The van der Waals surface area contributed by atoms with Crippen LogP contribution in [-0.2, 0) is 45.4 Å². The number of hydrogen-bond donors (Lipinski definition) is 4. The van der Waals surface area contributed by atoms with E-state index in [2.05, 4.69) is 22.9 Å². The third-order valence-electron chi connectivity index (χ3n) is 0.667. The zero-order valence-electron chi connectivity index (χ0n) is 13.1. The Balaban J connectivity index is -0.0000000152. The predicted molar refractivity (Wildman–Crippen MR) is 91.0 cm³/mol. The van der Waals surface area contributed by atoms with E-state index in [1.165, 1.54) is 0 Å². The van der Waals surface area contributed by atoms with E-state index in [0.717, 1.165) is 0 Å². The molecule has 0 heterocycles. The van der Waals surface area contributed by atoms with Gasteiger partial charge in [0.15, 0.2) is 0 Å². The average molecular weight is 560 g/mol. The molecule has 26 heavy (non-hydrogen) atoms. The Kier molecular flexibility index (Phi) is 137. The maximum atomic E-state index is 9.13. The van der Waals surface area contributed by atoms with Crippen LogP contribution in [0.3, 0.4) is 0 Å². The molecular formula is C8H20AlCl4N4O8Zr. The smallest absolute Gasteiger partial charge is 0.549 e. The van der Waals surface area contributed by atoms with Crippen LogP contribution in [-0.4, -0.2) is 67.4 Å². The fourth-order valence-electron chi connectivity index (χ4n) is 0. The molecule has 155 valence electrons. The van der Waals surface area contributed by atoms with Gasteiger partial charge in [0.25, 0.3) is 0 Å². The number of carbonyl (C=O) groups excluding carboxylic acids is 4. The van der Waals surface area contributed by atoms with Crippen molar-refractivity contribution in [1.29, 1.82) is 0 Å². The Morgan fingerprint density at radius 2 is 0.538 bits per heavy atom. The molecule has 0 saturated carbocycles. The fourth-order valence-corrected chi connectivity index (χ4v) is 0. The summed E-state index contributed by atoms with van der Waals surface area (Å²) >= 11 is 0. The number of carboxylic acid groups (broad SMARTS) is 4. The zero-order valence-corrected chi connectivity index (χ0v) is 20.0. The third kappa shape index (κ3) is 192. The molecule has 0 aliphatic heterocycles. The Hall–Kier alpha value is 0.296. The van der Waals surface area contributed by atoms with Gasteiger partial charge in [0.1, 0.15) is 0 Å². The average Bonchev–Trinajstić information content (AvgIpc) is 2.40. The fraction of sp³-hybridized carbons (Fsp3) is 0.500. The first-order chi connectivity index (χ1) is 9.08. The molecule has 3 radical (unpaired) electrons. The molecule has 0 saturated heterocycles. The minimum atomic E-state index is -1.22. The van der Waals surface area contributed by atoms with Gasteiger partial charge in [-0.05, 0) is 0 Å². The number of carbonyl (C=O) groups is 4. The van der Waals surface area contributed by atoms with Crippen LogP contribution in [0.2, 0.25) is 0 Å². The standard InChI is InChI=1S/4C2H5NO2.Al.4ClH.Zr/c4*3-1-2(4)5;;;;;;/h4*1,3H2,(H,4,5);;4*1H;/q;;;;;;;;;+4/p-4. The molecule has 0 amide bonds. The molecule has 0 aromatic carbocycles. The maximum Gasteiger partial charge on any atom is 4.00 e. The number of aliphatic carboxylic acids is 4. The second-order valence-corrected chi connectivity index (χ2v) is 2.30. The van der Waals surface area contributed by atoms with E-state index >= 15 is 0 Å². The molecule has 0 fully saturated rings. The van der Waals surface area contributed by atoms with Crippen molar-refractivity contribution >= 4 is 90.9 Å². The van der Waals surface area contributed by atoms with E-state index in [-0.39, 0.29) is 119 Å². The van der Waals surface area contributed by atoms with E-state index in [9.17, 15) is 0 Å². The minimum Gasteiger partial charge on any atom is -0.549 e. The van der Waals surface area contributed by atoms with Crippen LogP contribution < -0.4 is 43.4 Å². The summed E-state index contributed by atoms with van der Waals surface area (Å²) in [6.45, 7) is -1.56. The summed E-state index contributed by atoms with van der Waals surface area (Å²) in [6.07, 6.45) is 0. The van der Waals surface area contributed by atoms with E-state index in [1.807, 2.05) is 0 Å². The molecule has 18 heteroatoms. The van der Waals surface area contributed by atoms with Crippen molar-refractivity contribution in [3.8, 4) is 0 Å². The molecule has 0 aliphatic rings. The van der Waals surface area contributed by atoms with E-state index < -0.39 is 23.9 Å². The Bertz CT molecular complexity index is 255. The van der Waals surface area contributed by atoms with Crippen molar-refractivity contribution in [3.63, 3.8) is 0 Å². The second-order valence-electron chi connectivity index (χ2n) is 2.30.